The van der Waals surface area contributed by atoms with Gasteiger partial charge in [0, 0.05) is 31.9 Å². The summed E-state index contributed by atoms with van der Waals surface area (Å²) in [6.45, 7) is 7.62. The third-order valence-electron chi connectivity index (χ3n) is 3.14. The van der Waals surface area contributed by atoms with Crippen molar-refractivity contribution in [1.82, 2.24) is 16.0 Å². The number of nitrogens with one attached hydrogen (secondary N) is 4. The highest BCUT2D eigenvalue weighted by atomic mass is 127. The van der Waals surface area contributed by atoms with Gasteiger partial charge in [-0.3, -0.25) is 4.99 Å². The van der Waals surface area contributed by atoms with E-state index < -0.39 is 0 Å². The number of amides is 2. The molecule has 0 aliphatic carbocycles. The molecule has 136 valence electrons. The monoisotopic (exact) mass is 447 g/mol. The van der Waals surface area contributed by atoms with Crippen molar-refractivity contribution in [3.8, 4) is 0 Å². The van der Waals surface area contributed by atoms with Crippen LogP contribution in [0.5, 0.6) is 0 Å². The quantitative estimate of drug-likeness (QED) is 0.224. The fourth-order valence-corrected chi connectivity index (χ4v) is 1.93. The first-order chi connectivity index (χ1) is 11.0. The summed E-state index contributed by atoms with van der Waals surface area (Å²) in [6.07, 6.45) is 2.28. The molecule has 0 saturated heterocycles. The minimum absolute atomic E-state index is 0. The molecule has 24 heavy (non-hydrogen) atoms. The average Bonchev–Trinajstić information content (AvgIpc) is 2.51. The molecule has 0 unspecified atom stereocenters. The highest BCUT2D eigenvalue weighted by Gasteiger charge is 2.03. The van der Waals surface area contributed by atoms with Crippen molar-refractivity contribution in [2.75, 3.05) is 18.9 Å². The summed E-state index contributed by atoms with van der Waals surface area (Å²) in [5.74, 6) is 0.803. The molecule has 0 aromatic heterocycles. The number of guanidine groups is 1. The molecule has 0 spiro atoms. The highest BCUT2D eigenvalue weighted by molar-refractivity contribution is 14.0. The van der Waals surface area contributed by atoms with Gasteiger partial charge >= 0.3 is 6.03 Å². The predicted octanol–water partition coefficient (Wildman–Crippen LogP) is 3.30. The zero-order valence-electron chi connectivity index (χ0n) is 15.0. The molecule has 0 radical (unpaired) electrons. The number of rotatable bonds is 7. The molecular weight excluding hydrogens is 417 g/mol. The van der Waals surface area contributed by atoms with Gasteiger partial charge in [-0.2, -0.15) is 0 Å². The van der Waals surface area contributed by atoms with Crippen molar-refractivity contribution in [2.24, 2.45) is 4.99 Å². The Labute approximate surface area is 162 Å². The lowest BCUT2D eigenvalue weighted by Gasteiger charge is -2.12. The zero-order valence-corrected chi connectivity index (χ0v) is 17.3. The van der Waals surface area contributed by atoms with Gasteiger partial charge in [0.05, 0.1) is 0 Å². The maximum Gasteiger partial charge on any atom is 0.319 e. The van der Waals surface area contributed by atoms with Gasteiger partial charge in [-0.05, 0) is 38.0 Å². The van der Waals surface area contributed by atoms with Crippen LogP contribution in [0.1, 0.15) is 39.2 Å². The summed E-state index contributed by atoms with van der Waals surface area (Å²) >= 11 is 0. The van der Waals surface area contributed by atoms with E-state index >= 15 is 0 Å². The number of urea groups is 1. The Morgan fingerprint density at radius 3 is 2.38 bits per heavy atom. The lowest BCUT2D eigenvalue weighted by atomic mass is 10.2. The summed E-state index contributed by atoms with van der Waals surface area (Å²) in [5, 5.41) is 12.1. The summed E-state index contributed by atoms with van der Waals surface area (Å²) in [5.41, 5.74) is 1.90. The molecule has 1 aromatic carbocycles. The number of hydrogen-bond donors (Lipinski definition) is 4. The first-order valence-electron chi connectivity index (χ1n) is 8.16. The van der Waals surface area contributed by atoms with E-state index in [1.165, 1.54) is 0 Å². The van der Waals surface area contributed by atoms with Crippen molar-refractivity contribution in [1.29, 1.82) is 0 Å². The molecule has 2 amide bonds. The molecule has 6 nitrogen and oxygen atoms in total. The van der Waals surface area contributed by atoms with Gasteiger partial charge in [-0.15, -0.1) is 24.0 Å². The standard InChI is InChI=1S/C17H29N5O.HI/c1-5-6-11-19-16(18-4)20-12-14-7-9-15(10-8-14)22-17(23)21-13(2)3;/h7-10,13H,5-6,11-12H2,1-4H3,(H2,18,19,20)(H2,21,22,23);1H. The smallest absolute Gasteiger partial charge is 0.319 e. The predicted molar refractivity (Wildman–Crippen MR) is 112 cm³/mol. The van der Waals surface area contributed by atoms with Gasteiger partial charge in [-0.25, -0.2) is 4.79 Å². The number of halogens is 1. The van der Waals surface area contributed by atoms with E-state index in [4.69, 9.17) is 0 Å². The molecule has 1 rings (SSSR count). The number of unbranched alkanes of at least 4 members (excludes halogenated alkanes) is 1. The molecule has 4 N–H and O–H groups in total. The summed E-state index contributed by atoms with van der Waals surface area (Å²) in [7, 11) is 1.77. The van der Waals surface area contributed by atoms with E-state index in [0.717, 1.165) is 36.6 Å². The number of carbonyl (C=O) groups is 1. The fourth-order valence-electron chi connectivity index (χ4n) is 1.93. The van der Waals surface area contributed by atoms with E-state index in [9.17, 15) is 4.79 Å². The van der Waals surface area contributed by atoms with Crippen molar-refractivity contribution >= 4 is 41.7 Å². The van der Waals surface area contributed by atoms with Crippen LogP contribution in [0.15, 0.2) is 29.3 Å². The molecule has 0 atom stereocenters. The van der Waals surface area contributed by atoms with Crippen molar-refractivity contribution in [2.45, 2.75) is 46.2 Å². The summed E-state index contributed by atoms with van der Waals surface area (Å²) < 4.78 is 0. The molecule has 0 saturated carbocycles. The second-order valence-corrected chi connectivity index (χ2v) is 5.66. The van der Waals surface area contributed by atoms with E-state index in [-0.39, 0.29) is 36.0 Å². The van der Waals surface area contributed by atoms with Gasteiger partial charge in [0.1, 0.15) is 0 Å². The van der Waals surface area contributed by atoms with Crippen LogP contribution in [0.25, 0.3) is 0 Å². The number of nitrogens with zero attached hydrogens (tertiary/aromatic N) is 1. The molecule has 7 heteroatoms. The van der Waals surface area contributed by atoms with Gasteiger partial charge in [0.15, 0.2) is 5.96 Å². The second-order valence-electron chi connectivity index (χ2n) is 5.66. The van der Waals surface area contributed by atoms with Crippen LogP contribution >= 0.6 is 24.0 Å². The van der Waals surface area contributed by atoms with Gasteiger partial charge < -0.3 is 21.3 Å². The topological polar surface area (TPSA) is 77.6 Å². The maximum absolute atomic E-state index is 11.6. The normalized spacial score (nSPS) is 10.8. The third kappa shape index (κ3) is 9.59. The van der Waals surface area contributed by atoms with Crippen LogP contribution in [-0.4, -0.2) is 31.6 Å². The van der Waals surface area contributed by atoms with E-state index in [0.29, 0.717) is 6.54 Å². The molecule has 0 heterocycles. The lowest BCUT2D eigenvalue weighted by molar-refractivity contribution is 0.250. The zero-order chi connectivity index (χ0) is 17.1. The van der Waals surface area contributed by atoms with Crippen molar-refractivity contribution in [3.05, 3.63) is 29.8 Å². The SMILES string of the molecule is CCCCNC(=NC)NCc1ccc(NC(=O)NC(C)C)cc1.I. The lowest BCUT2D eigenvalue weighted by Crippen LogP contribution is -2.37. The Bertz CT molecular complexity index is 502. The van der Waals surface area contributed by atoms with Crippen LogP contribution < -0.4 is 21.3 Å². The fraction of sp³-hybridized carbons (Fsp3) is 0.529. The van der Waals surface area contributed by atoms with Crippen LogP contribution in [-0.2, 0) is 6.54 Å². The molecular formula is C17H30IN5O. The Morgan fingerprint density at radius 2 is 1.83 bits per heavy atom. The molecule has 1 aromatic rings. The first kappa shape index (κ1) is 22.5. The van der Waals surface area contributed by atoms with E-state index in [1.54, 1.807) is 7.05 Å². The third-order valence-corrected chi connectivity index (χ3v) is 3.14. The molecule has 0 bridgehead atoms. The van der Waals surface area contributed by atoms with Gasteiger partial charge in [0.2, 0.25) is 0 Å². The Morgan fingerprint density at radius 1 is 1.17 bits per heavy atom. The Kier molecular flexibility index (Phi) is 12.0. The molecule has 0 aliphatic heterocycles. The van der Waals surface area contributed by atoms with E-state index in [1.807, 2.05) is 38.1 Å². The van der Waals surface area contributed by atoms with E-state index in [2.05, 4.69) is 33.2 Å². The first-order valence-corrected chi connectivity index (χ1v) is 8.16. The van der Waals surface area contributed by atoms with Crippen LogP contribution in [0.3, 0.4) is 0 Å². The van der Waals surface area contributed by atoms with Crippen LogP contribution in [0.2, 0.25) is 0 Å². The summed E-state index contributed by atoms with van der Waals surface area (Å²) in [6, 6.07) is 7.68. The number of anilines is 1. The van der Waals surface area contributed by atoms with Crippen molar-refractivity contribution in [3.63, 3.8) is 0 Å². The Hall–Kier alpha value is -1.51. The number of hydrogen-bond acceptors (Lipinski definition) is 2. The largest absolute Gasteiger partial charge is 0.356 e. The Balaban J connectivity index is 0.00000529. The average molecular weight is 447 g/mol. The maximum atomic E-state index is 11.6. The molecule has 0 fully saturated rings. The number of carbonyl (C=O) groups excluding carboxylic acids is 1. The molecule has 0 aliphatic rings. The number of benzene rings is 1. The minimum Gasteiger partial charge on any atom is -0.356 e. The van der Waals surface area contributed by atoms with Crippen molar-refractivity contribution < 1.29 is 4.79 Å². The van der Waals surface area contributed by atoms with Crippen LogP contribution in [0.4, 0.5) is 10.5 Å². The minimum atomic E-state index is -0.189. The second kappa shape index (κ2) is 12.9. The van der Waals surface area contributed by atoms with Gasteiger partial charge in [0.25, 0.3) is 0 Å². The van der Waals surface area contributed by atoms with Gasteiger partial charge in [-0.1, -0.05) is 25.5 Å². The highest BCUT2D eigenvalue weighted by Crippen LogP contribution is 2.09. The summed E-state index contributed by atoms with van der Waals surface area (Å²) in [4.78, 5) is 15.8. The van der Waals surface area contributed by atoms with Crippen LogP contribution in [0, 0.1) is 0 Å². The number of aliphatic imine (C=N–C) groups is 1.